The van der Waals surface area contributed by atoms with E-state index in [2.05, 4.69) is 5.32 Å². The van der Waals surface area contributed by atoms with Crippen LogP contribution in [0.3, 0.4) is 0 Å². The lowest BCUT2D eigenvalue weighted by molar-refractivity contribution is 0.0138. The van der Waals surface area contributed by atoms with Gasteiger partial charge < -0.3 is 10.4 Å². The highest BCUT2D eigenvalue weighted by Crippen LogP contribution is 2.25. The third kappa shape index (κ3) is 5.54. The van der Waals surface area contributed by atoms with Gasteiger partial charge in [0.1, 0.15) is 0 Å². The summed E-state index contributed by atoms with van der Waals surface area (Å²) >= 11 is 0. The zero-order chi connectivity index (χ0) is 16.9. The second-order valence-corrected chi connectivity index (χ2v) is 8.21. The van der Waals surface area contributed by atoms with Crippen molar-refractivity contribution in [2.75, 3.05) is 12.8 Å². The molecule has 0 heterocycles. The van der Waals surface area contributed by atoms with Crippen LogP contribution in [0.1, 0.15) is 43.6 Å². The van der Waals surface area contributed by atoms with Crippen molar-refractivity contribution in [1.29, 1.82) is 0 Å². The summed E-state index contributed by atoms with van der Waals surface area (Å²) in [6, 6.07) is 7.17. The van der Waals surface area contributed by atoms with E-state index >= 15 is 0 Å². The van der Waals surface area contributed by atoms with E-state index in [1.54, 1.807) is 24.5 Å². The van der Waals surface area contributed by atoms with Crippen LogP contribution in [0, 0.1) is 11.3 Å². The second-order valence-electron chi connectivity index (χ2n) is 6.78. The Kier molecular flexibility index (Phi) is 6.75. The minimum Gasteiger partial charge on any atom is -0.392 e. The lowest BCUT2D eigenvalue weighted by Gasteiger charge is -2.33. The minimum atomic E-state index is -0.932. The molecule has 124 valence electrons. The van der Waals surface area contributed by atoms with Crippen molar-refractivity contribution in [1.82, 2.24) is 5.32 Å². The van der Waals surface area contributed by atoms with Gasteiger partial charge in [0.05, 0.1) is 6.10 Å². The van der Waals surface area contributed by atoms with Crippen LogP contribution >= 0.6 is 0 Å². The number of hydrogen-bond acceptors (Lipinski definition) is 3. The Hall–Kier alpha value is -1.20. The zero-order valence-electron chi connectivity index (χ0n) is 14.1. The number of hydrogen-bond donors (Lipinski definition) is 2. The van der Waals surface area contributed by atoms with E-state index in [1.165, 1.54) is 0 Å². The fraction of sp³-hybridized carbons (Fsp3) is 0.588. The molecule has 2 atom stereocenters. The first-order valence-corrected chi connectivity index (χ1v) is 9.21. The summed E-state index contributed by atoms with van der Waals surface area (Å²) in [7, 11) is -0.932. The standard InChI is InChI=1S/C17H27NO3S/c1-12(2)15(19)17(3,4)11-18-16(20)14-8-6-7-13(9-14)10-22(5)21/h6-9,12,15,19H,10-11H2,1-5H3,(H,18,20). The van der Waals surface area contributed by atoms with Gasteiger partial charge in [0, 0.05) is 40.3 Å². The molecule has 1 amide bonds. The average molecular weight is 325 g/mol. The summed E-state index contributed by atoms with van der Waals surface area (Å²) in [5.41, 5.74) is 1.04. The number of nitrogens with one attached hydrogen (secondary N) is 1. The molecule has 0 radical (unpaired) electrons. The first-order valence-electron chi connectivity index (χ1n) is 7.48. The number of rotatable bonds is 7. The van der Waals surface area contributed by atoms with Crippen molar-refractivity contribution in [3.63, 3.8) is 0 Å². The predicted octanol–water partition coefficient (Wildman–Crippen LogP) is 2.34. The summed E-state index contributed by atoms with van der Waals surface area (Å²) in [5.74, 6) is 0.404. The van der Waals surface area contributed by atoms with E-state index in [0.29, 0.717) is 17.9 Å². The van der Waals surface area contributed by atoms with Gasteiger partial charge in [0.15, 0.2) is 0 Å². The molecular formula is C17H27NO3S. The van der Waals surface area contributed by atoms with E-state index in [0.717, 1.165) is 5.56 Å². The molecule has 5 heteroatoms. The van der Waals surface area contributed by atoms with Gasteiger partial charge in [-0.25, -0.2) is 0 Å². The molecule has 22 heavy (non-hydrogen) atoms. The summed E-state index contributed by atoms with van der Waals surface area (Å²) in [4.78, 5) is 12.3. The molecule has 1 aromatic carbocycles. The summed E-state index contributed by atoms with van der Waals surface area (Å²) in [5, 5.41) is 13.1. The Morgan fingerprint density at radius 1 is 1.36 bits per heavy atom. The lowest BCUT2D eigenvalue weighted by Crippen LogP contribution is -2.43. The molecule has 0 aromatic heterocycles. The molecule has 0 bridgehead atoms. The summed E-state index contributed by atoms with van der Waals surface area (Å²) in [6.45, 7) is 8.20. The van der Waals surface area contributed by atoms with Gasteiger partial charge in [0.25, 0.3) is 5.91 Å². The van der Waals surface area contributed by atoms with Crippen molar-refractivity contribution >= 4 is 16.7 Å². The quantitative estimate of drug-likeness (QED) is 0.808. The molecule has 0 aliphatic rings. The van der Waals surface area contributed by atoms with Crippen LogP contribution in [0.25, 0.3) is 0 Å². The predicted molar refractivity (Wildman–Crippen MR) is 91.2 cm³/mol. The first-order chi connectivity index (χ1) is 10.1. The van der Waals surface area contributed by atoms with Gasteiger partial charge in [-0.15, -0.1) is 0 Å². The van der Waals surface area contributed by atoms with Gasteiger partial charge in [-0.1, -0.05) is 39.8 Å². The molecule has 0 aliphatic carbocycles. The highest BCUT2D eigenvalue weighted by atomic mass is 32.2. The molecule has 0 spiro atoms. The molecule has 4 nitrogen and oxygen atoms in total. The van der Waals surface area contributed by atoms with Crippen molar-refractivity contribution in [3.8, 4) is 0 Å². The molecule has 0 fully saturated rings. The Morgan fingerprint density at radius 2 is 2.00 bits per heavy atom. The topological polar surface area (TPSA) is 66.4 Å². The molecule has 1 aromatic rings. The van der Waals surface area contributed by atoms with E-state index in [-0.39, 0.29) is 11.8 Å². The Morgan fingerprint density at radius 3 is 2.55 bits per heavy atom. The monoisotopic (exact) mass is 325 g/mol. The molecule has 2 unspecified atom stereocenters. The Balaban J connectivity index is 2.71. The van der Waals surface area contributed by atoms with Gasteiger partial charge >= 0.3 is 0 Å². The van der Waals surface area contributed by atoms with Gasteiger partial charge in [-0.2, -0.15) is 0 Å². The molecule has 0 saturated carbocycles. The third-order valence-electron chi connectivity index (χ3n) is 3.70. The van der Waals surface area contributed by atoms with Crippen LogP contribution < -0.4 is 5.32 Å². The van der Waals surface area contributed by atoms with E-state index in [9.17, 15) is 14.1 Å². The number of carbonyl (C=O) groups excluding carboxylic acids is 1. The van der Waals surface area contributed by atoms with Crippen LogP contribution in [0.15, 0.2) is 24.3 Å². The first kappa shape index (κ1) is 18.8. The average Bonchev–Trinajstić information content (AvgIpc) is 2.43. The van der Waals surface area contributed by atoms with Gasteiger partial charge in [0.2, 0.25) is 0 Å². The van der Waals surface area contributed by atoms with Gasteiger partial charge in [-0.05, 0) is 23.6 Å². The Labute approximate surface area is 135 Å². The third-order valence-corrected chi connectivity index (χ3v) is 4.44. The number of aliphatic hydroxyl groups excluding tert-OH is 1. The summed E-state index contributed by atoms with van der Waals surface area (Å²) < 4.78 is 11.3. The zero-order valence-corrected chi connectivity index (χ0v) is 14.9. The molecule has 0 saturated heterocycles. The van der Waals surface area contributed by atoms with Crippen LogP contribution in [0.5, 0.6) is 0 Å². The lowest BCUT2D eigenvalue weighted by atomic mass is 9.80. The number of carbonyl (C=O) groups is 1. The molecular weight excluding hydrogens is 298 g/mol. The normalized spacial score (nSPS) is 14.7. The minimum absolute atomic E-state index is 0.134. The maximum absolute atomic E-state index is 12.3. The Bertz CT molecular complexity index is 540. The van der Waals surface area contributed by atoms with Crippen molar-refractivity contribution < 1.29 is 14.1 Å². The molecule has 1 rings (SSSR count). The molecule has 0 aliphatic heterocycles. The van der Waals surface area contributed by atoms with Crippen LogP contribution in [-0.2, 0) is 16.6 Å². The van der Waals surface area contributed by atoms with E-state index < -0.39 is 22.3 Å². The van der Waals surface area contributed by atoms with Crippen molar-refractivity contribution in [2.24, 2.45) is 11.3 Å². The number of amides is 1. The molecule has 2 N–H and O–H groups in total. The van der Waals surface area contributed by atoms with Crippen LogP contribution in [-0.4, -0.2) is 34.1 Å². The highest BCUT2D eigenvalue weighted by Gasteiger charge is 2.30. The number of benzene rings is 1. The smallest absolute Gasteiger partial charge is 0.251 e. The van der Waals surface area contributed by atoms with Gasteiger partial charge in [-0.3, -0.25) is 9.00 Å². The summed E-state index contributed by atoms with van der Waals surface area (Å²) in [6.07, 6.45) is 1.16. The maximum atomic E-state index is 12.3. The SMILES string of the molecule is CC(C)C(O)C(C)(C)CNC(=O)c1cccc(CS(C)=O)c1. The van der Waals surface area contributed by atoms with E-state index in [1.807, 2.05) is 33.8 Å². The second kappa shape index (κ2) is 7.88. The highest BCUT2D eigenvalue weighted by molar-refractivity contribution is 7.83. The fourth-order valence-corrected chi connectivity index (χ4v) is 3.10. The largest absolute Gasteiger partial charge is 0.392 e. The van der Waals surface area contributed by atoms with Crippen molar-refractivity contribution in [3.05, 3.63) is 35.4 Å². The van der Waals surface area contributed by atoms with Crippen LogP contribution in [0.2, 0.25) is 0 Å². The van der Waals surface area contributed by atoms with Crippen molar-refractivity contribution in [2.45, 2.75) is 39.6 Å². The number of aliphatic hydroxyl groups is 1. The van der Waals surface area contributed by atoms with Crippen LogP contribution in [0.4, 0.5) is 0 Å². The maximum Gasteiger partial charge on any atom is 0.251 e. The van der Waals surface area contributed by atoms with E-state index in [4.69, 9.17) is 0 Å². The fourth-order valence-electron chi connectivity index (χ4n) is 2.45.